The van der Waals surface area contributed by atoms with Crippen LogP contribution in [0.4, 0.5) is 0 Å². The van der Waals surface area contributed by atoms with Crippen molar-refractivity contribution in [3.8, 4) is 12.1 Å². The Hall–Kier alpha value is -2.86. The van der Waals surface area contributed by atoms with Gasteiger partial charge in [-0.2, -0.15) is 10.5 Å². The lowest BCUT2D eigenvalue weighted by molar-refractivity contribution is -0.163. The largest absolute Gasteiger partial charge is 0.465 e. The Morgan fingerprint density at radius 1 is 1.00 bits per heavy atom. The Morgan fingerprint density at radius 2 is 1.48 bits per heavy atom. The lowest BCUT2D eigenvalue weighted by atomic mass is 9.77. The number of esters is 2. The van der Waals surface area contributed by atoms with Gasteiger partial charge in [-0.25, -0.2) is 0 Å². The van der Waals surface area contributed by atoms with Crippen LogP contribution in [0.25, 0.3) is 0 Å². The molecular weight excluding hydrogens is 296 g/mol. The standard InChI is InChI=1S/C17H18N2O4/c1-3-22-16(20)15(17(21)23-4-2)14(13(10-18)11-19)12-8-6-5-7-9-12/h5-9,13-15H,3-4H2,1-2H3. The van der Waals surface area contributed by atoms with Crippen LogP contribution in [-0.4, -0.2) is 25.2 Å². The van der Waals surface area contributed by atoms with E-state index in [-0.39, 0.29) is 13.2 Å². The van der Waals surface area contributed by atoms with E-state index in [0.29, 0.717) is 5.56 Å². The first kappa shape index (κ1) is 18.2. The number of nitriles is 2. The molecule has 0 heterocycles. The van der Waals surface area contributed by atoms with Gasteiger partial charge in [0, 0.05) is 5.92 Å². The zero-order valence-electron chi connectivity index (χ0n) is 13.1. The lowest BCUT2D eigenvalue weighted by Gasteiger charge is -2.25. The minimum absolute atomic E-state index is 0.0834. The molecule has 120 valence electrons. The Labute approximate surface area is 135 Å². The van der Waals surface area contributed by atoms with E-state index < -0.39 is 29.7 Å². The van der Waals surface area contributed by atoms with Crippen LogP contribution in [-0.2, 0) is 19.1 Å². The van der Waals surface area contributed by atoms with E-state index in [9.17, 15) is 20.1 Å². The summed E-state index contributed by atoms with van der Waals surface area (Å²) in [4.78, 5) is 24.5. The van der Waals surface area contributed by atoms with Gasteiger partial charge in [-0.05, 0) is 19.4 Å². The molecule has 6 heteroatoms. The normalized spacial score (nSPS) is 11.4. The maximum absolute atomic E-state index is 12.3. The molecule has 0 spiro atoms. The highest BCUT2D eigenvalue weighted by Crippen LogP contribution is 2.34. The van der Waals surface area contributed by atoms with E-state index in [1.54, 1.807) is 44.2 Å². The Bertz CT molecular complexity index is 584. The fraction of sp³-hybridized carbons (Fsp3) is 0.412. The molecule has 0 aliphatic rings. The summed E-state index contributed by atoms with van der Waals surface area (Å²) >= 11 is 0. The van der Waals surface area contributed by atoms with Gasteiger partial charge in [0.25, 0.3) is 0 Å². The minimum Gasteiger partial charge on any atom is -0.465 e. The van der Waals surface area contributed by atoms with Crippen LogP contribution in [0, 0.1) is 34.5 Å². The summed E-state index contributed by atoms with van der Waals surface area (Å²) in [5.41, 5.74) is 0.534. The highest BCUT2D eigenvalue weighted by Gasteiger charge is 2.43. The zero-order chi connectivity index (χ0) is 17.2. The molecular formula is C17H18N2O4. The van der Waals surface area contributed by atoms with Crippen molar-refractivity contribution < 1.29 is 19.1 Å². The van der Waals surface area contributed by atoms with Crippen LogP contribution >= 0.6 is 0 Å². The van der Waals surface area contributed by atoms with Crippen molar-refractivity contribution in [3.05, 3.63) is 35.9 Å². The number of carbonyl (C=O) groups excluding carboxylic acids is 2. The quantitative estimate of drug-likeness (QED) is 0.565. The van der Waals surface area contributed by atoms with Gasteiger partial charge in [-0.3, -0.25) is 9.59 Å². The third kappa shape index (κ3) is 4.55. The number of ether oxygens (including phenoxy) is 2. The third-order valence-corrected chi connectivity index (χ3v) is 3.26. The summed E-state index contributed by atoms with van der Waals surface area (Å²) in [6, 6.07) is 12.2. The Morgan fingerprint density at radius 3 is 1.87 bits per heavy atom. The minimum atomic E-state index is -1.36. The molecule has 1 aromatic carbocycles. The summed E-state index contributed by atoms with van der Waals surface area (Å²) in [6.07, 6.45) is 0. The number of rotatable bonds is 7. The van der Waals surface area contributed by atoms with Gasteiger partial charge in [0.1, 0.15) is 5.92 Å². The summed E-state index contributed by atoms with van der Waals surface area (Å²) in [6.45, 7) is 3.40. The van der Waals surface area contributed by atoms with E-state index in [1.165, 1.54) is 0 Å². The fourth-order valence-electron chi connectivity index (χ4n) is 2.30. The van der Waals surface area contributed by atoms with Crippen molar-refractivity contribution in [1.29, 1.82) is 10.5 Å². The van der Waals surface area contributed by atoms with E-state index in [2.05, 4.69) is 0 Å². The molecule has 0 radical (unpaired) electrons. The first-order chi connectivity index (χ1) is 11.1. The molecule has 0 aromatic heterocycles. The van der Waals surface area contributed by atoms with Crippen LogP contribution in [0.2, 0.25) is 0 Å². The summed E-state index contributed by atoms with van der Waals surface area (Å²) < 4.78 is 9.91. The number of benzene rings is 1. The molecule has 0 amide bonds. The first-order valence-corrected chi connectivity index (χ1v) is 7.28. The molecule has 0 aliphatic heterocycles. The number of nitrogens with zero attached hydrogens (tertiary/aromatic N) is 2. The lowest BCUT2D eigenvalue weighted by Crippen LogP contribution is -2.36. The molecule has 0 bridgehead atoms. The highest BCUT2D eigenvalue weighted by molar-refractivity contribution is 5.96. The average Bonchev–Trinajstić information content (AvgIpc) is 2.56. The maximum Gasteiger partial charge on any atom is 0.321 e. The highest BCUT2D eigenvalue weighted by atomic mass is 16.6. The second-order valence-electron chi connectivity index (χ2n) is 4.65. The zero-order valence-corrected chi connectivity index (χ0v) is 13.1. The molecule has 0 aliphatic carbocycles. The summed E-state index contributed by atoms with van der Waals surface area (Å²) in [5.74, 6) is -5.09. The molecule has 0 saturated heterocycles. The monoisotopic (exact) mass is 314 g/mol. The molecule has 1 unspecified atom stereocenters. The molecule has 0 saturated carbocycles. The van der Waals surface area contributed by atoms with Gasteiger partial charge >= 0.3 is 11.9 Å². The van der Waals surface area contributed by atoms with Gasteiger partial charge in [-0.15, -0.1) is 0 Å². The Balaban J connectivity index is 3.37. The van der Waals surface area contributed by atoms with Crippen molar-refractivity contribution in [2.45, 2.75) is 19.8 Å². The van der Waals surface area contributed by atoms with Crippen molar-refractivity contribution in [2.24, 2.45) is 11.8 Å². The molecule has 0 N–H and O–H groups in total. The van der Waals surface area contributed by atoms with Gasteiger partial charge in [-0.1, -0.05) is 30.3 Å². The fourth-order valence-corrected chi connectivity index (χ4v) is 2.30. The topological polar surface area (TPSA) is 100 Å². The van der Waals surface area contributed by atoms with Gasteiger partial charge in [0.15, 0.2) is 5.92 Å². The van der Waals surface area contributed by atoms with Gasteiger partial charge in [0.2, 0.25) is 0 Å². The smallest absolute Gasteiger partial charge is 0.321 e. The van der Waals surface area contributed by atoms with Crippen molar-refractivity contribution in [1.82, 2.24) is 0 Å². The van der Waals surface area contributed by atoms with E-state index >= 15 is 0 Å². The Kier molecular flexibility index (Phi) is 7.29. The van der Waals surface area contributed by atoms with Crippen molar-refractivity contribution in [3.63, 3.8) is 0 Å². The van der Waals surface area contributed by atoms with Crippen LogP contribution in [0.15, 0.2) is 30.3 Å². The molecule has 1 atom stereocenters. The summed E-state index contributed by atoms with van der Waals surface area (Å²) in [7, 11) is 0. The maximum atomic E-state index is 12.3. The van der Waals surface area contributed by atoms with Crippen molar-refractivity contribution >= 4 is 11.9 Å². The average molecular weight is 314 g/mol. The predicted octanol–water partition coefficient (Wildman–Crippen LogP) is 2.18. The van der Waals surface area contributed by atoms with Crippen LogP contribution in [0.3, 0.4) is 0 Å². The van der Waals surface area contributed by atoms with Gasteiger partial charge < -0.3 is 9.47 Å². The molecule has 6 nitrogen and oxygen atoms in total. The molecule has 1 rings (SSSR count). The molecule has 1 aromatic rings. The van der Waals surface area contributed by atoms with Gasteiger partial charge in [0.05, 0.1) is 25.4 Å². The molecule has 0 fully saturated rings. The summed E-state index contributed by atoms with van der Waals surface area (Å²) in [5, 5.41) is 18.5. The second kappa shape index (κ2) is 9.22. The molecule has 23 heavy (non-hydrogen) atoms. The van der Waals surface area contributed by atoms with E-state index in [1.807, 2.05) is 12.1 Å². The van der Waals surface area contributed by atoms with E-state index in [4.69, 9.17) is 9.47 Å². The van der Waals surface area contributed by atoms with Crippen LogP contribution in [0.5, 0.6) is 0 Å². The number of carbonyl (C=O) groups is 2. The third-order valence-electron chi connectivity index (χ3n) is 3.26. The SMILES string of the molecule is CCOC(=O)C(C(=O)OCC)C(c1ccccc1)C(C#N)C#N. The first-order valence-electron chi connectivity index (χ1n) is 7.28. The number of hydrogen-bond acceptors (Lipinski definition) is 6. The van der Waals surface area contributed by atoms with E-state index in [0.717, 1.165) is 0 Å². The predicted molar refractivity (Wildman–Crippen MR) is 80.7 cm³/mol. The number of hydrogen-bond donors (Lipinski definition) is 0. The van der Waals surface area contributed by atoms with Crippen LogP contribution < -0.4 is 0 Å². The van der Waals surface area contributed by atoms with Crippen LogP contribution in [0.1, 0.15) is 25.3 Å². The second-order valence-corrected chi connectivity index (χ2v) is 4.65. The van der Waals surface area contributed by atoms with Crippen molar-refractivity contribution in [2.75, 3.05) is 13.2 Å².